The SMILES string of the molecule is CCC(=O)N1CCc2c(sc3ncnc(N4CCN(C)CC4)c23)C1. The quantitative estimate of drug-likeness (QED) is 0.830. The maximum atomic E-state index is 12.0. The van der Waals surface area contributed by atoms with Crippen molar-refractivity contribution in [2.75, 3.05) is 44.7 Å². The minimum Gasteiger partial charge on any atom is -0.353 e. The average molecular weight is 345 g/mol. The lowest BCUT2D eigenvalue weighted by atomic mass is 10.0. The van der Waals surface area contributed by atoms with Gasteiger partial charge in [-0.25, -0.2) is 9.97 Å². The number of carbonyl (C=O) groups is 1. The summed E-state index contributed by atoms with van der Waals surface area (Å²) in [7, 11) is 2.17. The predicted molar refractivity (Wildman–Crippen MR) is 96.5 cm³/mol. The van der Waals surface area contributed by atoms with Crippen molar-refractivity contribution in [3.8, 4) is 0 Å². The summed E-state index contributed by atoms with van der Waals surface area (Å²) in [5, 5.41) is 1.23. The molecule has 0 atom stereocenters. The molecule has 0 unspecified atom stereocenters. The van der Waals surface area contributed by atoms with Gasteiger partial charge in [-0.1, -0.05) is 6.92 Å². The standard InChI is InChI=1S/C17H23N5OS/c1-3-14(23)22-5-4-12-13(10-22)24-17-15(12)16(18-11-19-17)21-8-6-20(2)7-9-21/h11H,3-10H2,1-2H3. The largest absolute Gasteiger partial charge is 0.353 e. The van der Waals surface area contributed by atoms with Gasteiger partial charge in [-0.3, -0.25) is 4.79 Å². The Kier molecular flexibility index (Phi) is 4.14. The van der Waals surface area contributed by atoms with Crippen LogP contribution in [0.15, 0.2) is 6.33 Å². The highest BCUT2D eigenvalue weighted by Gasteiger charge is 2.27. The molecule has 2 aliphatic rings. The molecule has 128 valence electrons. The summed E-state index contributed by atoms with van der Waals surface area (Å²) >= 11 is 1.73. The zero-order valence-electron chi connectivity index (χ0n) is 14.3. The van der Waals surface area contributed by atoms with Crippen molar-refractivity contribution in [1.82, 2.24) is 19.8 Å². The van der Waals surface area contributed by atoms with Gasteiger partial charge in [-0.15, -0.1) is 11.3 Å². The Morgan fingerprint density at radius 1 is 1.21 bits per heavy atom. The molecule has 24 heavy (non-hydrogen) atoms. The molecule has 0 radical (unpaired) electrons. The van der Waals surface area contributed by atoms with E-state index in [0.29, 0.717) is 6.42 Å². The molecule has 0 N–H and O–H groups in total. The number of hydrogen-bond donors (Lipinski definition) is 0. The van der Waals surface area contributed by atoms with E-state index >= 15 is 0 Å². The smallest absolute Gasteiger partial charge is 0.222 e. The van der Waals surface area contributed by atoms with Crippen LogP contribution in [0, 0.1) is 0 Å². The van der Waals surface area contributed by atoms with E-state index in [1.807, 2.05) is 11.8 Å². The van der Waals surface area contributed by atoms with Crippen LogP contribution in [0.4, 0.5) is 5.82 Å². The van der Waals surface area contributed by atoms with Crippen LogP contribution in [0.3, 0.4) is 0 Å². The lowest BCUT2D eigenvalue weighted by Crippen LogP contribution is -2.45. The molecule has 2 aromatic rings. The van der Waals surface area contributed by atoms with Crippen LogP contribution < -0.4 is 4.90 Å². The molecule has 1 saturated heterocycles. The van der Waals surface area contributed by atoms with Crippen LogP contribution in [0.1, 0.15) is 23.8 Å². The molecule has 0 aromatic carbocycles. The number of fused-ring (bicyclic) bond motifs is 3. The van der Waals surface area contributed by atoms with Crippen molar-refractivity contribution in [3.63, 3.8) is 0 Å². The highest BCUT2D eigenvalue weighted by molar-refractivity contribution is 7.19. The maximum absolute atomic E-state index is 12.0. The van der Waals surface area contributed by atoms with E-state index in [-0.39, 0.29) is 5.91 Å². The Bertz CT molecular complexity index is 766. The molecule has 1 amide bonds. The van der Waals surface area contributed by atoms with E-state index in [4.69, 9.17) is 0 Å². The molecule has 0 aliphatic carbocycles. The number of anilines is 1. The van der Waals surface area contributed by atoms with Crippen LogP contribution in [-0.2, 0) is 17.8 Å². The molecule has 1 fully saturated rings. The third-order valence-corrected chi connectivity index (χ3v) is 6.20. The third kappa shape index (κ3) is 2.65. The van der Waals surface area contributed by atoms with Gasteiger partial charge in [-0.2, -0.15) is 0 Å². The minimum atomic E-state index is 0.239. The Morgan fingerprint density at radius 2 is 2.00 bits per heavy atom. The first-order chi connectivity index (χ1) is 11.7. The Labute approximate surface area is 146 Å². The Balaban J connectivity index is 1.71. The molecular formula is C17H23N5OS. The number of amides is 1. The second-order valence-corrected chi connectivity index (χ2v) is 7.67. The summed E-state index contributed by atoms with van der Waals surface area (Å²) in [6, 6.07) is 0. The van der Waals surface area contributed by atoms with Gasteiger partial charge in [0.25, 0.3) is 0 Å². The van der Waals surface area contributed by atoms with Crippen molar-refractivity contribution >= 4 is 33.3 Å². The average Bonchev–Trinajstić information content (AvgIpc) is 2.99. The first-order valence-electron chi connectivity index (χ1n) is 8.64. The number of piperazine rings is 1. The number of carbonyl (C=O) groups excluding carboxylic acids is 1. The highest BCUT2D eigenvalue weighted by atomic mass is 32.1. The fourth-order valence-corrected chi connectivity index (χ4v) is 4.80. The first-order valence-corrected chi connectivity index (χ1v) is 9.45. The third-order valence-electron chi connectivity index (χ3n) is 5.07. The van der Waals surface area contributed by atoms with E-state index in [9.17, 15) is 4.79 Å². The van der Waals surface area contributed by atoms with Gasteiger partial charge in [0.05, 0.1) is 11.9 Å². The van der Waals surface area contributed by atoms with Crippen molar-refractivity contribution in [1.29, 1.82) is 0 Å². The zero-order chi connectivity index (χ0) is 16.7. The van der Waals surface area contributed by atoms with Crippen LogP contribution in [0.25, 0.3) is 10.2 Å². The molecular weight excluding hydrogens is 322 g/mol. The molecule has 0 bridgehead atoms. The summed E-state index contributed by atoms with van der Waals surface area (Å²) in [5.41, 5.74) is 1.37. The minimum absolute atomic E-state index is 0.239. The van der Waals surface area contributed by atoms with E-state index in [1.165, 1.54) is 15.8 Å². The van der Waals surface area contributed by atoms with Crippen LogP contribution in [-0.4, -0.2) is 65.4 Å². The molecule has 0 spiro atoms. The molecule has 2 aromatic heterocycles. The summed E-state index contributed by atoms with van der Waals surface area (Å²) in [6.45, 7) is 7.61. The molecule has 4 rings (SSSR count). The normalized spacial score (nSPS) is 18.9. The Morgan fingerprint density at radius 3 is 2.75 bits per heavy atom. The van der Waals surface area contributed by atoms with Gasteiger partial charge in [0.15, 0.2) is 0 Å². The van der Waals surface area contributed by atoms with Crippen LogP contribution in [0.5, 0.6) is 0 Å². The van der Waals surface area contributed by atoms with Gasteiger partial charge in [0.2, 0.25) is 5.91 Å². The number of hydrogen-bond acceptors (Lipinski definition) is 6. The predicted octanol–water partition coefficient (Wildman–Crippen LogP) is 1.74. The highest BCUT2D eigenvalue weighted by Crippen LogP contribution is 2.38. The van der Waals surface area contributed by atoms with Gasteiger partial charge < -0.3 is 14.7 Å². The van der Waals surface area contributed by atoms with E-state index in [2.05, 4.69) is 26.8 Å². The lowest BCUT2D eigenvalue weighted by molar-refractivity contribution is -0.131. The molecule has 4 heterocycles. The second-order valence-electron chi connectivity index (χ2n) is 6.59. The molecule has 6 nitrogen and oxygen atoms in total. The number of nitrogens with zero attached hydrogens (tertiary/aromatic N) is 5. The zero-order valence-corrected chi connectivity index (χ0v) is 15.1. The summed E-state index contributed by atoms with van der Waals surface area (Å²) in [4.78, 5) is 30.2. The Hall–Kier alpha value is -1.73. The summed E-state index contributed by atoms with van der Waals surface area (Å²) in [5.74, 6) is 1.32. The maximum Gasteiger partial charge on any atom is 0.222 e. The number of rotatable bonds is 2. The summed E-state index contributed by atoms with van der Waals surface area (Å²) in [6.07, 6.45) is 3.18. The van der Waals surface area contributed by atoms with Crippen molar-refractivity contribution in [2.24, 2.45) is 0 Å². The second kappa shape index (κ2) is 6.29. The van der Waals surface area contributed by atoms with E-state index in [0.717, 1.165) is 56.3 Å². The summed E-state index contributed by atoms with van der Waals surface area (Å²) < 4.78 is 0. The van der Waals surface area contributed by atoms with E-state index in [1.54, 1.807) is 17.7 Å². The topological polar surface area (TPSA) is 52.6 Å². The fourth-order valence-electron chi connectivity index (χ4n) is 3.61. The number of thiophene rings is 1. The van der Waals surface area contributed by atoms with E-state index < -0.39 is 0 Å². The van der Waals surface area contributed by atoms with Gasteiger partial charge in [-0.05, 0) is 19.0 Å². The van der Waals surface area contributed by atoms with Crippen molar-refractivity contribution < 1.29 is 4.79 Å². The van der Waals surface area contributed by atoms with Crippen LogP contribution in [0.2, 0.25) is 0 Å². The van der Waals surface area contributed by atoms with Gasteiger partial charge in [0.1, 0.15) is 17.0 Å². The van der Waals surface area contributed by atoms with Gasteiger partial charge in [0, 0.05) is 44.0 Å². The van der Waals surface area contributed by atoms with Crippen LogP contribution >= 0.6 is 11.3 Å². The van der Waals surface area contributed by atoms with Crippen molar-refractivity contribution in [3.05, 3.63) is 16.8 Å². The molecule has 0 saturated carbocycles. The molecule has 7 heteroatoms. The monoisotopic (exact) mass is 345 g/mol. The number of aromatic nitrogens is 2. The fraction of sp³-hybridized carbons (Fsp3) is 0.588. The van der Waals surface area contributed by atoms with Crippen molar-refractivity contribution in [2.45, 2.75) is 26.3 Å². The van der Waals surface area contributed by atoms with Gasteiger partial charge >= 0.3 is 0 Å². The first kappa shape index (κ1) is 15.8. The number of likely N-dealkylation sites (N-methyl/N-ethyl adjacent to an activating group) is 1. The molecule has 2 aliphatic heterocycles. The lowest BCUT2D eigenvalue weighted by Gasteiger charge is -2.34.